The first-order valence-electron chi connectivity index (χ1n) is 6.53. The van der Waals surface area contributed by atoms with Crippen LogP contribution >= 0.6 is 11.3 Å². The summed E-state index contributed by atoms with van der Waals surface area (Å²) < 4.78 is 0. The number of nitrogens with one attached hydrogen (secondary N) is 1. The monoisotopic (exact) mass is 267 g/mol. The van der Waals surface area contributed by atoms with Gasteiger partial charge in [0.15, 0.2) is 0 Å². The van der Waals surface area contributed by atoms with E-state index in [-0.39, 0.29) is 16.9 Å². The zero-order valence-corrected chi connectivity index (χ0v) is 13.2. The molecule has 2 nitrogen and oxygen atoms in total. The van der Waals surface area contributed by atoms with Crippen molar-refractivity contribution in [1.82, 2.24) is 5.32 Å². The average molecular weight is 267 g/mol. The van der Waals surface area contributed by atoms with E-state index in [4.69, 9.17) is 0 Å². The van der Waals surface area contributed by atoms with Gasteiger partial charge in [-0.2, -0.15) is 0 Å². The molecule has 0 spiro atoms. The molecule has 1 heterocycles. The second-order valence-electron chi connectivity index (χ2n) is 6.73. The summed E-state index contributed by atoms with van der Waals surface area (Å²) in [6.45, 7) is 12.9. The lowest BCUT2D eigenvalue weighted by molar-refractivity contribution is 0.0892. The molecular formula is C15H25NOS. The lowest BCUT2D eigenvalue weighted by Crippen LogP contribution is -2.45. The third-order valence-corrected chi connectivity index (χ3v) is 3.77. The summed E-state index contributed by atoms with van der Waals surface area (Å²) in [5.74, 6) is 0.0419. The van der Waals surface area contributed by atoms with E-state index in [9.17, 15) is 4.79 Å². The SMILES string of the molecule is CCc1cc(C(=O)NC(C)(C)CC(C)(C)C)cs1. The highest BCUT2D eigenvalue weighted by Crippen LogP contribution is 2.27. The van der Waals surface area contributed by atoms with Gasteiger partial charge in [-0.05, 0) is 38.2 Å². The van der Waals surface area contributed by atoms with Gasteiger partial charge in [0, 0.05) is 15.8 Å². The van der Waals surface area contributed by atoms with Crippen LogP contribution in [0.25, 0.3) is 0 Å². The number of amides is 1. The van der Waals surface area contributed by atoms with Crippen LogP contribution in [0.5, 0.6) is 0 Å². The van der Waals surface area contributed by atoms with E-state index in [1.165, 1.54) is 4.88 Å². The summed E-state index contributed by atoms with van der Waals surface area (Å²) in [5, 5.41) is 5.08. The summed E-state index contributed by atoms with van der Waals surface area (Å²) in [5.41, 5.74) is 0.822. The molecule has 0 fully saturated rings. The predicted octanol–water partition coefficient (Wildman–Crippen LogP) is 4.26. The number of thiophene rings is 1. The molecule has 0 saturated heterocycles. The van der Waals surface area contributed by atoms with Gasteiger partial charge >= 0.3 is 0 Å². The highest BCUT2D eigenvalue weighted by Gasteiger charge is 2.27. The minimum atomic E-state index is -0.177. The van der Waals surface area contributed by atoms with Crippen molar-refractivity contribution in [3.05, 3.63) is 21.9 Å². The Kier molecular flexibility index (Phi) is 4.60. The van der Waals surface area contributed by atoms with Gasteiger partial charge in [-0.15, -0.1) is 11.3 Å². The minimum absolute atomic E-state index is 0.0419. The summed E-state index contributed by atoms with van der Waals surface area (Å²) in [7, 11) is 0. The third-order valence-electron chi connectivity index (χ3n) is 2.69. The average Bonchev–Trinajstić information content (AvgIpc) is 2.60. The van der Waals surface area contributed by atoms with Crippen molar-refractivity contribution in [2.45, 2.75) is 59.9 Å². The normalized spacial score (nSPS) is 12.6. The van der Waals surface area contributed by atoms with Crippen LogP contribution in [0.1, 0.15) is 63.2 Å². The van der Waals surface area contributed by atoms with Crippen molar-refractivity contribution >= 4 is 17.2 Å². The Morgan fingerprint density at radius 3 is 2.33 bits per heavy atom. The second kappa shape index (κ2) is 5.43. The first-order chi connectivity index (χ1) is 8.13. The molecule has 0 radical (unpaired) electrons. The van der Waals surface area contributed by atoms with Crippen molar-refractivity contribution in [2.75, 3.05) is 0 Å². The van der Waals surface area contributed by atoms with Gasteiger partial charge in [0.2, 0.25) is 0 Å². The van der Waals surface area contributed by atoms with Crippen LogP contribution in [-0.2, 0) is 6.42 Å². The maximum Gasteiger partial charge on any atom is 0.252 e. The molecule has 0 aliphatic carbocycles. The molecule has 0 atom stereocenters. The number of rotatable bonds is 4. The zero-order valence-electron chi connectivity index (χ0n) is 12.4. The number of carbonyl (C=O) groups is 1. The summed E-state index contributed by atoms with van der Waals surface area (Å²) in [4.78, 5) is 13.4. The molecule has 1 aromatic rings. The van der Waals surface area contributed by atoms with Crippen LogP contribution < -0.4 is 5.32 Å². The van der Waals surface area contributed by atoms with E-state index in [0.29, 0.717) is 0 Å². The smallest absolute Gasteiger partial charge is 0.252 e. The number of hydrogen-bond donors (Lipinski definition) is 1. The Bertz CT molecular complexity index is 412. The highest BCUT2D eigenvalue weighted by molar-refractivity contribution is 7.10. The predicted molar refractivity (Wildman–Crippen MR) is 79.3 cm³/mol. The van der Waals surface area contributed by atoms with E-state index in [0.717, 1.165) is 18.4 Å². The van der Waals surface area contributed by atoms with E-state index >= 15 is 0 Å². The quantitative estimate of drug-likeness (QED) is 0.868. The van der Waals surface area contributed by atoms with Crippen LogP contribution in [0.3, 0.4) is 0 Å². The zero-order chi connectivity index (χ0) is 14.0. The maximum absolute atomic E-state index is 12.2. The van der Waals surface area contributed by atoms with Gasteiger partial charge in [0.1, 0.15) is 0 Å². The summed E-state index contributed by atoms with van der Waals surface area (Å²) in [6, 6.07) is 1.99. The number of hydrogen-bond acceptors (Lipinski definition) is 2. The van der Waals surface area contributed by atoms with E-state index in [1.54, 1.807) is 11.3 Å². The van der Waals surface area contributed by atoms with Crippen molar-refractivity contribution < 1.29 is 4.79 Å². The van der Waals surface area contributed by atoms with Crippen LogP contribution in [0.15, 0.2) is 11.4 Å². The van der Waals surface area contributed by atoms with Gasteiger partial charge in [0.25, 0.3) is 5.91 Å². The van der Waals surface area contributed by atoms with Gasteiger partial charge in [-0.1, -0.05) is 27.7 Å². The molecule has 102 valence electrons. The molecule has 0 aliphatic heterocycles. The Balaban J connectivity index is 2.69. The molecule has 3 heteroatoms. The fourth-order valence-corrected chi connectivity index (χ4v) is 3.25. The van der Waals surface area contributed by atoms with Crippen molar-refractivity contribution in [2.24, 2.45) is 5.41 Å². The largest absolute Gasteiger partial charge is 0.347 e. The summed E-state index contributed by atoms with van der Waals surface area (Å²) in [6.07, 6.45) is 1.94. The van der Waals surface area contributed by atoms with Crippen LogP contribution in [0.4, 0.5) is 0 Å². The number of carbonyl (C=O) groups excluding carboxylic acids is 1. The molecule has 1 rings (SSSR count). The van der Waals surface area contributed by atoms with Crippen molar-refractivity contribution in [3.8, 4) is 0 Å². The molecule has 18 heavy (non-hydrogen) atoms. The topological polar surface area (TPSA) is 29.1 Å². The van der Waals surface area contributed by atoms with Gasteiger partial charge in [0.05, 0.1) is 5.56 Å². The Labute approximate surface area is 115 Å². The van der Waals surface area contributed by atoms with Crippen LogP contribution in [0, 0.1) is 5.41 Å². The second-order valence-corrected chi connectivity index (χ2v) is 7.73. The third kappa shape index (κ3) is 4.81. The molecular weight excluding hydrogens is 242 g/mol. The molecule has 0 unspecified atom stereocenters. The maximum atomic E-state index is 12.2. The number of aryl methyl sites for hydroxylation is 1. The Morgan fingerprint density at radius 2 is 1.89 bits per heavy atom. The van der Waals surface area contributed by atoms with E-state index < -0.39 is 0 Å². The molecule has 1 aromatic heterocycles. The van der Waals surface area contributed by atoms with Gasteiger partial charge < -0.3 is 5.32 Å². The molecule has 0 bridgehead atoms. The lowest BCUT2D eigenvalue weighted by atomic mass is 9.81. The van der Waals surface area contributed by atoms with Crippen LogP contribution in [0.2, 0.25) is 0 Å². The molecule has 0 saturated carbocycles. The first-order valence-corrected chi connectivity index (χ1v) is 7.41. The van der Waals surface area contributed by atoms with Crippen molar-refractivity contribution in [1.29, 1.82) is 0 Å². The van der Waals surface area contributed by atoms with E-state index in [1.807, 2.05) is 11.4 Å². The Hall–Kier alpha value is -0.830. The van der Waals surface area contributed by atoms with Gasteiger partial charge in [-0.3, -0.25) is 4.79 Å². The molecule has 1 N–H and O–H groups in total. The summed E-state index contributed by atoms with van der Waals surface area (Å²) >= 11 is 1.66. The first kappa shape index (κ1) is 15.2. The van der Waals surface area contributed by atoms with Gasteiger partial charge in [-0.25, -0.2) is 0 Å². The Morgan fingerprint density at radius 1 is 1.28 bits per heavy atom. The molecule has 0 aromatic carbocycles. The fraction of sp³-hybridized carbons (Fsp3) is 0.667. The van der Waals surface area contributed by atoms with E-state index in [2.05, 4.69) is 46.9 Å². The standard InChI is InChI=1S/C15H25NOS/c1-7-12-8-11(9-18-12)13(17)16-15(5,6)10-14(2,3)4/h8-9H,7,10H2,1-6H3,(H,16,17). The van der Waals surface area contributed by atoms with Crippen molar-refractivity contribution in [3.63, 3.8) is 0 Å². The molecule has 1 amide bonds. The fourth-order valence-electron chi connectivity index (χ4n) is 2.43. The molecule has 0 aliphatic rings. The highest BCUT2D eigenvalue weighted by atomic mass is 32.1. The van der Waals surface area contributed by atoms with Crippen LogP contribution in [-0.4, -0.2) is 11.4 Å². The lowest BCUT2D eigenvalue weighted by Gasteiger charge is -2.33. The minimum Gasteiger partial charge on any atom is -0.347 e.